The third-order valence-electron chi connectivity index (χ3n) is 2.98. The summed E-state index contributed by atoms with van der Waals surface area (Å²) in [4.78, 5) is 0. The van der Waals surface area contributed by atoms with Gasteiger partial charge in [0.1, 0.15) is 5.75 Å². The normalized spacial score (nSPS) is 13.8. The van der Waals surface area contributed by atoms with Gasteiger partial charge in [0, 0.05) is 17.4 Å². The maximum Gasteiger partial charge on any atom is 0.338 e. The second-order valence-corrected chi connectivity index (χ2v) is 7.82. The van der Waals surface area contributed by atoms with E-state index in [4.69, 9.17) is 16.1 Å². The molecule has 0 fully saturated rings. The molecule has 0 spiro atoms. The molecule has 0 heterocycles. The molecule has 0 amide bonds. The van der Waals surface area contributed by atoms with E-state index in [1.807, 2.05) is 24.3 Å². The highest BCUT2D eigenvalue weighted by molar-refractivity contribution is 7.60. The zero-order valence-electron chi connectivity index (χ0n) is 12.3. The van der Waals surface area contributed by atoms with Gasteiger partial charge < -0.3 is 9.61 Å². The van der Waals surface area contributed by atoms with Crippen molar-refractivity contribution in [1.29, 1.82) is 0 Å². The monoisotopic (exact) mass is 323 g/mol. The van der Waals surface area contributed by atoms with Crippen LogP contribution in [0.3, 0.4) is 0 Å². The first kappa shape index (κ1) is 15.9. The van der Waals surface area contributed by atoms with Crippen LogP contribution in [0.2, 0.25) is 5.02 Å². The van der Waals surface area contributed by atoms with Gasteiger partial charge in [-0.2, -0.15) is 0 Å². The quantitative estimate of drug-likeness (QED) is 0.709. The van der Waals surface area contributed by atoms with Gasteiger partial charge in [-0.1, -0.05) is 43.6 Å². The van der Waals surface area contributed by atoms with Gasteiger partial charge in [0.15, 0.2) is 0 Å². The van der Waals surface area contributed by atoms with Crippen molar-refractivity contribution in [3.8, 4) is 5.75 Å². The molecule has 2 rings (SSSR count). The van der Waals surface area contributed by atoms with E-state index in [9.17, 15) is 4.57 Å². The number of rotatable bonds is 5. The second-order valence-electron chi connectivity index (χ2n) is 5.28. The van der Waals surface area contributed by atoms with Gasteiger partial charge in [-0.25, -0.2) is 0 Å². The zero-order valence-corrected chi connectivity index (χ0v) is 14.0. The fourth-order valence-electron chi connectivity index (χ4n) is 1.93. The zero-order chi connectivity index (χ0) is 15.5. The van der Waals surface area contributed by atoms with Crippen LogP contribution < -0.4 is 9.61 Å². The molecule has 0 aromatic heterocycles. The third-order valence-corrected chi connectivity index (χ3v) is 4.44. The van der Waals surface area contributed by atoms with Crippen molar-refractivity contribution in [2.75, 3.05) is 11.8 Å². The summed E-state index contributed by atoms with van der Waals surface area (Å²) in [6.45, 7) is 5.80. The fourth-order valence-corrected chi connectivity index (χ4v) is 3.30. The molecule has 3 nitrogen and oxygen atoms in total. The Labute approximate surface area is 130 Å². The molecule has 0 saturated carbocycles. The lowest BCUT2D eigenvalue weighted by molar-refractivity contribution is 0.493. The molecule has 1 N–H and O–H groups in total. The Morgan fingerprint density at radius 2 is 1.81 bits per heavy atom. The molecule has 0 saturated heterocycles. The molecule has 1 atom stereocenters. The minimum atomic E-state index is -3.00. The van der Waals surface area contributed by atoms with Crippen LogP contribution in [0.1, 0.15) is 25.3 Å². The van der Waals surface area contributed by atoms with Crippen molar-refractivity contribution in [3.63, 3.8) is 0 Å². The van der Waals surface area contributed by atoms with Gasteiger partial charge in [0.05, 0.1) is 0 Å². The predicted molar refractivity (Wildman–Crippen MR) is 89.8 cm³/mol. The van der Waals surface area contributed by atoms with Crippen LogP contribution in [-0.2, 0) is 4.57 Å². The average molecular weight is 324 g/mol. The second kappa shape index (κ2) is 6.55. The van der Waals surface area contributed by atoms with Crippen molar-refractivity contribution in [1.82, 2.24) is 0 Å². The molecule has 0 bridgehead atoms. The molecule has 0 aliphatic carbocycles. The van der Waals surface area contributed by atoms with Crippen LogP contribution in [0.4, 0.5) is 5.69 Å². The van der Waals surface area contributed by atoms with E-state index in [0.29, 0.717) is 22.4 Å². The molecule has 0 radical (unpaired) electrons. The first-order valence-electron chi connectivity index (χ1n) is 6.77. The van der Waals surface area contributed by atoms with E-state index < -0.39 is 7.52 Å². The first-order valence-corrected chi connectivity index (χ1v) is 9.22. The van der Waals surface area contributed by atoms with Crippen LogP contribution in [0.15, 0.2) is 48.5 Å². The lowest BCUT2D eigenvalue weighted by Gasteiger charge is -2.18. The van der Waals surface area contributed by atoms with Gasteiger partial charge in [0.25, 0.3) is 0 Å². The number of benzene rings is 2. The Kier molecular flexibility index (Phi) is 4.97. The lowest BCUT2D eigenvalue weighted by atomic mass is 10.0. The number of hydrogen-bond acceptors (Lipinski definition) is 2. The fraction of sp³-hybridized carbons (Fsp3) is 0.250. The number of nitrogens with one attached hydrogen (secondary N) is 1. The van der Waals surface area contributed by atoms with Crippen LogP contribution in [-0.4, -0.2) is 6.66 Å². The summed E-state index contributed by atoms with van der Waals surface area (Å²) in [5.41, 5.74) is 1.89. The summed E-state index contributed by atoms with van der Waals surface area (Å²) < 4.78 is 18.1. The molecule has 21 heavy (non-hydrogen) atoms. The third kappa shape index (κ3) is 4.80. The smallest absolute Gasteiger partial charge is 0.338 e. The van der Waals surface area contributed by atoms with Crippen molar-refractivity contribution in [2.45, 2.75) is 19.8 Å². The van der Waals surface area contributed by atoms with E-state index in [2.05, 4.69) is 18.9 Å². The molecular formula is C16H19ClNO2P. The maximum atomic E-state index is 12.5. The topological polar surface area (TPSA) is 38.3 Å². The van der Waals surface area contributed by atoms with Gasteiger partial charge in [0.2, 0.25) is 0 Å². The highest BCUT2D eigenvalue weighted by Gasteiger charge is 2.17. The Bertz CT molecular complexity index is 656. The van der Waals surface area contributed by atoms with Crippen LogP contribution in [0.25, 0.3) is 0 Å². The molecule has 0 unspecified atom stereocenters. The van der Waals surface area contributed by atoms with Crippen LogP contribution >= 0.6 is 19.1 Å². The van der Waals surface area contributed by atoms with Gasteiger partial charge >= 0.3 is 7.52 Å². The summed E-state index contributed by atoms with van der Waals surface area (Å²) in [5.74, 6) is 1.04. The van der Waals surface area contributed by atoms with E-state index in [1.165, 1.54) is 5.56 Å². The van der Waals surface area contributed by atoms with Crippen molar-refractivity contribution >= 4 is 24.8 Å². The van der Waals surface area contributed by atoms with Gasteiger partial charge in [-0.3, -0.25) is 4.57 Å². The number of halogens is 1. The molecule has 2 aromatic carbocycles. The highest BCUT2D eigenvalue weighted by Crippen LogP contribution is 2.43. The standard InChI is InChI=1S/C16H19ClNO2P/c1-12(2)13-7-9-16(10-8-13)20-21(3,19)18-15-6-4-5-14(17)11-15/h4-12H,1-3H3,(H,18,19)/t21-/m1/s1. The number of hydrogen-bond donors (Lipinski definition) is 1. The molecular weight excluding hydrogens is 305 g/mol. The SMILES string of the molecule is CC(C)c1ccc(O[P@@](C)(=O)Nc2cccc(Cl)c2)cc1. The molecule has 0 aliphatic heterocycles. The molecule has 112 valence electrons. The van der Waals surface area contributed by atoms with E-state index >= 15 is 0 Å². The molecule has 5 heteroatoms. The van der Waals surface area contributed by atoms with Crippen LogP contribution in [0, 0.1) is 0 Å². The Balaban J connectivity index is 2.08. The lowest BCUT2D eigenvalue weighted by Crippen LogP contribution is -2.02. The van der Waals surface area contributed by atoms with Crippen molar-refractivity contribution in [3.05, 3.63) is 59.1 Å². The number of anilines is 1. The summed E-state index contributed by atoms with van der Waals surface area (Å²) in [6, 6.07) is 14.7. The largest absolute Gasteiger partial charge is 0.429 e. The Morgan fingerprint density at radius 1 is 1.14 bits per heavy atom. The summed E-state index contributed by atoms with van der Waals surface area (Å²) in [7, 11) is -3.00. The minimum Gasteiger partial charge on any atom is -0.429 e. The summed E-state index contributed by atoms with van der Waals surface area (Å²) >= 11 is 5.91. The van der Waals surface area contributed by atoms with Gasteiger partial charge in [-0.15, -0.1) is 0 Å². The molecule has 0 aliphatic rings. The Hall–Kier alpha value is -1.44. The first-order chi connectivity index (χ1) is 9.85. The minimum absolute atomic E-state index is 0.456. The predicted octanol–water partition coefficient (Wildman–Crippen LogP) is 5.78. The van der Waals surface area contributed by atoms with Crippen molar-refractivity contribution < 1.29 is 9.09 Å². The summed E-state index contributed by atoms with van der Waals surface area (Å²) in [6.07, 6.45) is 0. The van der Waals surface area contributed by atoms with E-state index in [1.54, 1.807) is 30.9 Å². The molecule has 2 aromatic rings. The van der Waals surface area contributed by atoms with Gasteiger partial charge in [-0.05, 0) is 41.8 Å². The van der Waals surface area contributed by atoms with E-state index in [-0.39, 0.29) is 0 Å². The summed E-state index contributed by atoms with van der Waals surface area (Å²) in [5, 5.41) is 3.48. The van der Waals surface area contributed by atoms with Crippen LogP contribution in [0.5, 0.6) is 5.75 Å². The average Bonchev–Trinajstić information content (AvgIpc) is 2.38. The van der Waals surface area contributed by atoms with Crippen molar-refractivity contribution in [2.24, 2.45) is 0 Å². The maximum absolute atomic E-state index is 12.5. The van der Waals surface area contributed by atoms with E-state index in [0.717, 1.165) is 0 Å². The highest BCUT2D eigenvalue weighted by atomic mass is 35.5. The Morgan fingerprint density at radius 3 is 2.38 bits per heavy atom.